The molecule has 34 heavy (non-hydrogen) atoms. The monoisotopic (exact) mass is 452 g/mol. The summed E-state index contributed by atoms with van der Waals surface area (Å²) in [6.45, 7) is 3.23. The van der Waals surface area contributed by atoms with Crippen molar-refractivity contribution in [3.63, 3.8) is 0 Å². The summed E-state index contributed by atoms with van der Waals surface area (Å²) in [6, 6.07) is 18.4. The summed E-state index contributed by atoms with van der Waals surface area (Å²) in [5.41, 5.74) is 6.75. The van der Waals surface area contributed by atoms with Crippen LogP contribution in [-0.4, -0.2) is 37.6 Å². The van der Waals surface area contributed by atoms with E-state index in [1.807, 2.05) is 50.5 Å². The average molecular weight is 453 g/mol. The second-order valence-corrected chi connectivity index (χ2v) is 9.53. The number of nitrogens with one attached hydrogen (secondary N) is 1. The van der Waals surface area contributed by atoms with Crippen molar-refractivity contribution in [2.75, 3.05) is 35.8 Å². The van der Waals surface area contributed by atoms with Gasteiger partial charge < -0.3 is 19.6 Å². The van der Waals surface area contributed by atoms with Crippen molar-refractivity contribution in [2.45, 2.75) is 32.2 Å². The van der Waals surface area contributed by atoms with E-state index in [9.17, 15) is 4.79 Å². The lowest BCUT2D eigenvalue weighted by Gasteiger charge is -2.36. The molecule has 4 aromatic rings. The molecule has 1 atom stereocenters. The molecule has 2 aliphatic rings. The molecule has 6 nitrogen and oxygen atoms in total. The summed E-state index contributed by atoms with van der Waals surface area (Å²) in [5.74, 6) is 0.680. The Hall–Kier alpha value is -3.80. The quantitative estimate of drug-likeness (QED) is 0.349. The van der Waals surface area contributed by atoms with Crippen LogP contribution in [0.1, 0.15) is 42.1 Å². The lowest BCUT2D eigenvalue weighted by Crippen LogP contribution is -2.37. The van der Waals surface area contributed by atoms with E-state index >= 15 is 0 Å². The van der Waals surface area contributed by atoms with Gasteiger partial charge in [0.15, 0.2) is 11.5 Å². The largest absolute Gasteiger partial charge is 0.378 e. The van der Waals surface area contributed by atoms with Gasteiger partial charge in [-0.1, -0.05) is 29.4 Å². The molecule has 6 heteroatoms. The van der Waals surface area contributed by atoms with Crippen LogP contribution >= 0.6 is 0 Å². The zero-order valence-corrected chi connectivity index (χ0v) is 19.8. The number of hydrogen-bond donors (Lipinski definition) is 1. The van der Waals surface area contributed by atoms with Gasteiger partial charge in [0, 0.05) is 49.2 Å². The van der Waals surface area contributed by atoms with Crippen molar-refractivity contribution in [3.05, 3.63) is 65.7 Å². The summed E-state index contributed by atoms with van der Waals surface area (Å²) in [5, 5.41) is 8.87. The Kier molecular flexibility index (Phi) is 4.83. The maximum absolute atomic E-state index is 13.8. The lowest BCUT2D eigenvalue weighted by molar-refractivity contribution is 0.104. The predicted octanol–water partition coefficient (Wildman–Crippen LogP) is 6.23. The van der Waals surface area contributed by atoms with Crippen molar-refractivity contribution < 1.29 is 9.32 Å². The van der Waals surface area contributed by atoms with Crippen molar-refractivity contribution in [1.29, 1.82) is 0 Å². The van der Waals surface area contributed by atoms with E-state index in [4.69, 9.17) is 4.52 Å². The summed E-state index contributed by atoms with van der Waals surface area (Å²) in [7, 11) is 4.05. The van der Waals surface area contributed by atoms with Gasteiger partial charge in [0.1, 0.15) is 5.52 Å². The molecule has 1 aliphatic heterocycles. The van der Waals surface area contributed by atoms with Crippen LogP contribution in [0.2, 0.25) is 0 Å². The van der Waals surface area contributed by atoms with E-state index in [1.54, 1.807) is 0 Å². The Morgan fingerprint density at radius 1 is 1.06 bits per heavy atom. The fourth-order valence-electron chi connectivity index (χ4n) is 5.31. The molecule has 1 saturated heterocycles. The van der Waals surface area contributed by atoms with Crippen LogP contribution in [0, 0.1) is 0 Å². The first-order valence-corrected chi connectivity index (χ1v) is 11.9. The minimum absolute atomic E-state index is 0.00181. The molecule has 0 bridgehead atoms. The molecule has 0 saturated carbocycles. The van der Waals surface area contributed by atoms with Gasteiger partial charge in [0.25, 0.3) is 0 Å². The predicted molar refractivity (Wildman–Crippen MR) is 138 cm³/mol. The Bertz CT molecular complexity index is 1400. The van der Waals surface area contributed by atoms with Crippen LogP contribution in [0.4, 0.5) is 22.7 Å². The van der Waals surface area contributed by atoms with Crippen molar-refractivity contribution in [2.24, 2.45) is 0 Å². The van der Waals surface area contributed by atoms with E-state index in [0.29, 0.717) is 22.9 Å². The zero-order chi connectivity index (χ0) is 23.4. The fourth-order valence-corrected chi connectivity index (χ4v) is 5.31. The second kappa shape index (κ2) is 7.90. The second-order valence-electron chi connectivity index (χ2n) is 9.53. The molecule has 0 spiro atoms. The topological polar surface area (TPSA) is 61.6 Å². The first kappa shape index (κ1) is 20.8. The molecular weight excluding hydrogens is 424 g/mol. The van der Waals surface area contributed by atoms with Gasteiger partial charge in [0.05, 0.1) is 22.3 Å². The van der Waals surface area contributed by atoms with E-state index < -0.39 is 0 Å². The molecule has 1 N–H and O–H groups in total. The Morgan fingerprint density at radius 2 is 1.82 bits per heavy atom. The van der Waals surface area contributed by atoms with Crippen LogP contribution in [0.5, 0.6) is 0 Å². The number of carbonyl (C=O) groups is 1. The van der Waals surface area contributed by atoms with E-state index in [-0.39, 0.29) is 5.78 Å². The van der Waals surface area contributed by atoms with Crippen LogP contribution < -0.4 is 15.1 Å². The van der Waals surface area contributed by atoms with Crippen LogP contribution in [0.25, 0.3) is 22.2 Å². The maximum Gasteiger partial charge on any atom is 0.196 e. The number of rotatable bonds is 4. The zero-order valence-electron chi connectivity index (χ0n) is 19.8. The molecule has 0 radical (unpaired) electrons. The Labute approximate surface area is 199 Å². The van der Waals surface area contributed by atoms with E-state index in [0.717, 1.165) is 58.6 Å². The molecule has 1 aliphatic carbocycles. The molecule has 1 unspecified atom stereocenters. The lowest BCUT2D eigenvalue weighted by atomic mass is 9.86. The third-order valence-electron chi connectivity index (χ3n) is 7.15. The summed E-state index contributed by atoms with van der Waals surface area (Å²) in [4.78, 5) is 18.3. The smallest absolute Gasteiger partial charge is 0.196 e. The number of hydrogen-bond acceptors (Lipinski definition) is 6. The molecule has 6 rings (SSSR count). The third-order valence-corrected chi connectivity index (χ3v) is 7.15. The average Bonchev–Trinajstić information content (AvgIpc) is 3.29. The Balaban J connectivity index is 1.57. The SMILES string of the molecule is CC1CCCCN1c1cc(Nc2ccc(N(C)C)cc2)c2c3c(onc13)-c1ccccc1C2=O. The van der Waals surface area contributed by atoms with Gasteiger partial charge >= 0.3 is 0 Å². The van der Waals surface area contributed by atoms with Gasteiger partial charge in [0.2, 0.25) is 0 Å². The first-order valence-electron chi connectivity index (χ1n) is 11.9. The van der Waals surface area contributed by atoms with Gasteiger partial charge in [-0.15, -0.1) is 0 Å². The number of benzene rings is 3. The van der Waals surface area contributed by atoms with Crippen LogP contribution in [0.3, 0.4) is 0 Å². The van der Waals surface area contributed by atoms with Crippen LogP contribution in [-0.2, 0) is 0 Å². The highest BCUT2D eigenvalue weighted by molar-refractivity contribution is 6.28. The summed E-state index contributed by atoms with van der Waals surface area (Å²) in [6.07, 6.45) is 3.53. The first-order chi connectivity index (χ1) is 16.5. The number of ketones is 1. The molecular formula is C28H28N4O2. The van der Waals surface area contributed by atoms with Gasteiger partial charge in [-0.25, -0.2) is 0 Å². The molecule has 0 amide bonds. The summed E-state index contributed by atoms with van der Waals surface area (Å²) < 4.78 is 5.92. The fraction of sp³-hybridized carbons (Fsp3) is 0.286. The minimum atomic E-state index is 0.00181. The number of anilines is 4. The number of piperidine rings is 1. The van der Waals surface area contributed by atoms with Crippen molar-refractivity contribution in [1.82, 2.24) is 5.16 Å². The number of fused-ring (bicyclic) bond motifs is 2. The molecule has 3 aromatic carbocycles. The van der Waals surface area contributed by atoms with E-state index in [1.165, 1.54) is 6.42 Å². The highest BCUT2D eigenvalue weighted by Gasteiger charge is 2.34. The van der Waals surface area contributed by atoms with Crippen LogP contribution in [0.15, 0.2) is 59.1 Å². The van der Waals surface area contributed by atoms with Crippen molar-refractivity contribution >= 4 is 39.4 Å². The molecule has 2 heterocycles. The van der Waals surface area contributed by atoms with Gasteiger partial charge in [-0.3, -0.25) is 4.79 Å². The molecule has 172 valence electrons. The third kappa shape index (κ3) is 3.16. The normalized spacial score (nSPS) is 17.1. The maximum atomic E-state index is 13.8. The standard InChI is InChI=1S/C28H28N4O2/c1-17-8-6-7-15-32(17)23-16-22(29-18-11-13-19(14-12-18)31(2)3)24-25-26(23)30-34-28(25)21-10-5-4-9-20(21)27(24)33/h4-5,9-14,16-17,29H,6-8,15H2,1-3H3. The number of nitrogens with zero attached hydrogens (tertiary/aromatic N) is 3. The highest BCUT2D eigenvalue weighted by Crippen LogP contribution is 2.47. The van der Waals surface area contributed by atoms with Crippen molar-refractivity contribution in [3.8, 4) is 11.3 Å². The van der Waals surface area contributed by atoms with Gasteiger partial charge in [-0.2, -0.15) is 0 Å². The number of aromatic nitrogens is 1. The summed E-state index contributed by atoms with van der Waals surface area (Å²) >= 11 is 0. The molecule has 1 fully saturated rings. The minimum Gasteiger partial charge on any atom is -0.378 e. The molecule has 1 aromatic heterocycles. The van der Waals surface area contributed by atoms with E-state index in [2.05, 4.69) is 45.4 Å². The van der Waals surface area contributed by atoms with Gasteiger partial charge in [-0.05, 0) is 56.5 Å². The Morgan fingerprint density at radius 3 is 2.56 bits per heavy atom. The highest BCUT2D eigenvalue weighted by atomic mass is 16.5. The number of carbonyl (C=O) groups excluding carboxylic acids is 1.